The molecule has 0 spiro atoms. The lowest BCUT2D eigenvalue weighted by Crippen LogP contribution is -1.93. The molecular weight excluding hydrogens is 236 g/mol. The monoisotopic (exact) mass is 270 g/mol. The normalized spacial score (nSPS) is 6.58. The van der Waals surface area contributed by atoms with Crippen molar-refractivity contribution >= 4 is 5.97 Å². The lowest BCUT2D eigenvalue weighted by Gasteiger charge is -1.97. The number of unbranched alkanes of at least 4 members (excludes halogenated alkanes) is 5. The molecule has 0 saturated heterocycles. The standard InChI is InChI=1S/C9H18O2.4C2H4/c1-2-3-4-5-6-7-8-9(10)11;4*1-2/h2-8H2,1H3,(H,10,11);4*1-2H2. The van der Waals surface area contributed by atoms with Crippen molar-refractivity contribution in [2.45, 2.75) is 51.9 Å². The molecule has 0 bridgehead atoms. The number of aliphatic carboxylic acids is 1. The maximum absolute atomic E-state index is 10.1. The summed E-state index contributed by atoms with van der Waals surface area (Å²) in [5, 5.41) is 8.32. The van der Waals surface area contributed by atoms with Crippen molar-refractivity contribution in [1.29, 1.82) is 0 Å². The third kappa shape index (κ3) is 82.7. The van der Waals surface area contributed by atoms with Crippen LogP contribution in [0, 0.1) is 0 Å². The summed E-state index contributed by atoms with van der Waals surface area (Å²) in [6, 6.07) is 0. The third-order valence-corrected chi connectivity index (χ3v) is 1.74. The van der Waals surface area contributed by atoms with Crippen molar-refractivity contribution in [3.63, 3.8) is 0 Å². The Balaban J connectivity index is -0.0000000693. The van der Waals surface area contributed by atoms with Crippen molar-refractivity contribution in [2.75, 3.05) is 0 Å². The van der Waals surface area contributed by atoms with E-state index in [2.05, 4.69) is 59.6 Å². The van der Waals surface area contributed by atoms with Gasteiger partial charge in [0.2, 0.25) is 0 Å². The Morgan fingerprint density at radius 1 is 0.737 bits per heavy atom. The molecule has 0 heterocycles. The van der Waals surface area contributed by atoms with E-state index in [4.69, 9.17) is 5.11 Å². The van der Waals surface area contributed by atoms with Gasteiger partial charge in [-0.3, -0.25) is 4.79 Å². The molecule has 0 aliphatic carbocycles. The van der Waals surface area contributed by atoms with Crippen LogP contribution in [-0.2, 0) is 4.79 Å². The minimum atomic E-state index is -0.666. The van der Waals surface area contributed by atoms with E-state index in [1.165, 1.54) is 25.7 Å². The summed E-state index contributed by atoms with van der Waals surface area (Å²) >= 11 is 0. The van der Waals surface area contributed by atoms with E-state index in [1.54, 1.807) is 0 Å². The Bertz CT molecular complexity index is 136. The van der Waals surface area contributed by atoms with Gasteiger partial charge in [0.1, 0.15) is 0 Å². The molecule has 0 aliphatic heterocycles. The zero-order chi connectivity index (χ0) is 16.5. The van der Waals surface area contributed by atoms with Gasteiger partial charge in [-0.1, -0.05) is 39.0 Å². The molecule has 0 fully saturated rings. The van der Waals surface area contributed by atoms with Gasteiger partial charge in [-0.25, -0.2) is 0 Å². The summed E-state index contributed by atoms with van der Waals surface area (Å²) in [4.78, 5) is 10.1. The second kappa shape index (κ2) is 55.0. The molecule has 2 nitrogen and oxygen atoms in total. The summed E-state index contributed by atoms with van der Waals surface area (Å²) in [5.74, 6) is -0.666. The van der Waals surface area contributed by atoms with E-state index in [-0.39, 0.29) is 0 Å². The predicted molar refractivity (Wildman–Crippen MR) is 90.6 cm³/mol. The Hall–Kier alpha value is -1.57. The van der Waals surface area contributed by atoms with Crippen molar-refractivity contribution < 1.29 is 9.90 Å². The first kappa shape index (κ1) is 30.5. The first-order valence-corrected chi connectivity index (χ1v) is 6.49. The molecule has 2 heteroatoms. The van der Waals surface area contributed by atoms with Crippen molar-refractivity contribution in [3.05, 3.63) is 52.6 Å². The zero-order valence-corrected chi connectivity index (χ0v) is 13.0. The molecule has 0 atom stereocenters. The SMILES string of the molecule is C=C.C=C.C=C.C=C.CCCCCCCCC(=O)O. The fourth-order valence-corrected chi connectivity index (χ4v) is 1.06. The van der Waals surface area contributed by atoms with Crippen LogP contribution in [0.1, 0.15) is 51.9 Å². The summed E-state index contributed by atoms with van der Waals surface area (Å²) in [6.45, 7) is 26.2. The summed E-state index contributed by atoms with van der Waals surface area (Å²) in [7, 11) is 0. The van der Waals surface area contributed by atoms with Crippen LogP contribution in [0.4, 0.5) is 0 Å². The molecule has 0 aromatic heterocycles. The Kier molecular flexibility index (Phi) is 88.2. The number of carbonyl (C=O) groups is 1. The van der Waals surface area contributed by atoms with Crippen LogP contribution in [0.15, 0.2) is 52.6 Å². The van der Waals surface area contributed by atoms with Gasteiger partial charge in [0, 0.05) is 6.42 Å². The van der Waals surface area contributed by atoms with Gasteiger partial charge < -0.3 is 5.11 Å². The first-order chi connectivity index (χ1) is 9.27. The van der Waals surface area contributed by atoms with E-state index in [9.17, 15) is 4.79 Å². The quantitative estimate of drug-likeness (QED) is 0.453. The average molecular weight is 270 g/mol. The van der Waals surface area contributed by atoms with Gasteiger partial charge in [-0.2, -0.15) is 0 Å². The molecule has 0 radical (unpaired) electrons. The molecule has 1 N–H and O–H groups in total. The predicted octanol–water partition coefficient (Wildman–Crippen LogP) is 6.03. The molecule has 0 aromatic rings. The maximum atomic E-state index is 10.1. The molecule has 114 valence electrons. The van der Waals surface area contributed by atoms with E-state index >= 15 is 0 Å². The van der Waals surface area contributed by atoms with Crippen molar-refractivity contribution in [1.82, 2.24) is 0 Å². The van der Waals surface area contributed by atoms with E-state index in [0.717, 1.165) is 12.8 Å². The average Bonchev–Trinajstić information content (AvgIpc) is 2.51. The van der Waals surface area contributed by atoms with Gasteiger partial charge in [0.25, 0.3) is 0 Å². The van der Waals surface area contributed by atoms with Gasteiger partial charge in [-0.15, -0.1) is 52.6 Å². The number of rotatable bonds is 7. The molecule has 0 aromatic carbocycles. The van der Waals surface area contributed by atoms with E-state index in [1.807, 2.05) is 0 Å². The minimum absolute atomic E-state index is 0.339. The largest absolute Gasteiger partial charge is 0.481 e. The molecule has 0 rings (SSSR count). The summed E-state index contributed by atoms with van der Waals surface area (Å²) in [5.41, 5.74) is 0. The topological polar surface area (TPSA) is 37.3 Å². The molecular formula is C17H34O2. The van der Waals surface area contributed by atoms with Crippen molar-refractivity contribution in [3.8, 4) is 0 Å². The smallest absolute Gasteiger partial charge is 0.303 e. The van der Waals surface area contributed by atoms with Gasteiger partial charge in [0.05, 0.1) is 0 Å². The van der Waals surface area contributed by atoms with E-state index < -0.39 is 5.97 Å². The van der Waals surface area contributed by atoms with E-state index in [0.29, 0.717) is 6.42 Å². The van der Waals surface area contributed by atoms with Crippen LogP contribution >= 0.6 is 0 Å². The number of carboxylic acid groups (broad SMARTS) is 1. The minimum Gasteiger partial charge on any atom is -0.481 e. The number of hydrogen-bond acceptors (Lipinski definition) is 1. The highest BCUT2D eigenvalue weighted by Gasteiger charge is 1.95. The molecule has 0 aliphatic rings. The second-order valence-corrected chi connectivity index (χ2v) is 2.91. The fraction of sp³-hybridized carbons (Fsp3) is 0.471. The van der Waals surface area contributed by atoms with Gasteiger partial charge in [0.15, 0.2) is 0 Å². The maximum Gasteiger partial charge on any atom is 0.303 e. The van der Waals surface area contributed by atoms with Gasteiger partial charge >= 0.3 is 5.97 Å². The Morgan fingerprint density at radius 2 is 1.05 bits per heavy atom. The van der Waals surface area contributed by atoms with Crippen LogP contribution in [0.2, 0.25) is 0 Å². The highest BCUT2D eigenvalue weighted by molar-refractivity contribution is 5.66. The van der Waals surface area contributed by atoms with Crippen molar-refractivity contribution in [2.24, 2.45) is 0 Å². The Morgan fingerprint density at radius 3 is 1.37 bits per heavy atom. The number of hydrogen-bond donors (Lipinski definition) is 1. The first-order valence-electron chi connectivity index (χ1n) is 6.49. The second-order valence-electron chi connectivity index (χ2n) is 2.91. The van der Waals surface area contributed by atoms with Gasteiger partial charge in [-0.05, 0) is 6.42 Å². The highest BCUT2D eigenvalue weighted by Crippen LogP contribution is 2.06. The summed E-state index contributed by atoms with van der Waals surface area (Å²) < 4.78 is 0. The highest BCUT2D eigenvalue weighted by atomic mass is 16.4. The molecule has 0 saturated carbocycles. The lowest BCUT2D eigenvalue weighted by atomic mass is 10.1. The fourth-order valence-electron chi connectivity index (χ4n) is 1.06. The zero-order valence-electron chi connectivity index (χ0n) is 13.0. The lowest BCUT2D eigenvalue weighted by molar-refractivity contribution is -0.137. The van der Waals surface area contributed by atoms with Crippen LogP contribution in [-0.4, -0.2) is 11.1 Å². The Labute approximate surface area is 121 Å². The summed E-state index contributed by atoms with van der Waals surface area (Å²) in [6.07, 6.45) is 7.25. The van der Waals surface area contributed by atoms with Crippen LogP contribution < -0.4 is 0 Å². The van der Waals surface area contributed by atoms with Crippen LogP contribution in [0.5, 0.6) is 0 Å². The third-order valence-electron chi connectivity index (χ3n) is 1.74. The molecule has 0 unspecified atom stereocenters. The molecule has 19 heavy (non-hydrogen) atoms. The molecule has 0 amide bonds. The number of carboxylic acids is 1. The van der Waals surface area contributed by atoms with Crippen LogP contribution in [0.3, 0.4) is 0 Å². The van der Waals surface area contributed by atoms with Crippen LogP contribution in [0.25, 0.3) is 0 Å².